The van der Waals surface area contributed by atoms with Crippen molar-refractivity contribution in [3.8, 4) is 11.1 Å². The van der Waals surface area contributed by atoms with Crippen LogP contribution in [-0.2, 0) is 26.5 Å². The Morgan fingerprint density at radius 2 is 1.69 bits per heavy atom. The highest BCUT2D eigenvalue weighted by Crippen LogP contribution is 2.27. The zero-order valence-corrected chi connectivity index (χ0v) is 16.2. The van der Waals surface area contributed by atoms with Crippen molar-refractivity contribution in [2.45, 2.75) is 39.0 Å². The monoisotopic (exact) mass is 409 g/mol. The van der Waals surface area contributed by atoms with E-state index in [2.05, 4.69) is 25.6 Å². The molecule has 0 bridgehead atoms. The minimum atomic E-state index is -5.24. The summed E-state index contributed by atoms with van der Waals surface area (Å²) in [7, 11) is 0. The van der Waals surface area contributed by atoms with Crippen LogP contribution < -0.4 is 5.73 Å². The van der Waals surface area contributed by atoms with E-state index in [4.69, 9.17) is 16.0 Å². The van der Waals surface area contributed by atoms with Crippen LogP contribution in [0.25, 0.3) is 11.1 Å². The van der Waals surface area contributed by atoms with Crippen molar-refractivity contribution in [2.24, 2.45) is 5.73 Å². The number of hydrogen-bond donors (Lipinski definition) is 2. The zero-order valence-electron chi connectivity index (χ0n) is 16.2. The summed E-state index contributed by atoms with van der Waals surface area (Å²) < 4.78 is 36.9. The lowest BCUT2D eigenvalue weighted by atomic mass is 9.86. The van der Waals surface area contributed by atoms with Crippen LogP contribution in [-0.4, -0.2) is 23.3 Å². The van der Waals surface area contributed by atoms with E-state index < -0.39 is 18.1 Å². The Balaban J connectivity index is 2.11. The first-order chi connectivity index (χ1) is 13.4. The Kier molecular flexibility index (Phi) is 6.53. The number of nitrogens with zero attached hydrogens (tertiary/aromatic N) is 1. The number of rotatable bonds is 4. The molecule has 6 nitrogen and oxygen atoms in total. The van der Waals surface area contributed by atoms with E-state index in [9.17, 15) is 18.0 Å². The van der Waals surface area contributed by atoms with Gasteiger partial charge in [-0.05, 0) is 39.0 Å². The standard InChI is InChI=1S/C20H22F3N3O3/c1-19(2,3)16-9-7-14(8-10-16)15-6-4-5-13(11-15)12-28-26(18(24)25)29-17(27)20(21,22)23/h4-11H,12H2,1-3H3,(H3,24,25). The summed E-state index contributed by atoms with van der Waals surface area (Å²) in [6.45, 7) is 6.09. The Labute approximate surface area is 166 Å². The normalized spacial score (nSPS) is 11.8. The van der Waals surface area contributed by atoms with Gasteiger partial charge >= 0.3 is 12.1 Å². The Hall–Kier alpha value is -3.07. The van der Waals surface area contributed by atoms with E-state index in [1.54, 1.807) is 18.2 Å². The summed E-state index contributed by atoms with van der Waals surface area (Å²) in [5, 5.41) is 7.13. The first-order valence-electron chi connectivity index (χ1n) is 8.64. The number of hydrogen-bond acceptors (Lipinski definition) is 4. The first-order valence-corrected chi connectivity index (χ1v) is 8.64. The van der Waals surface area contributed by atoms with Gasteiger partial charge in [0.1, 0.15) is 6.61 Å². The van der Waals surface area contributed by atoms with Crippen molar-refractivity contribution < 1.29 is 27.6 Å². The van der Waals surface area contributed by atoms with Gasteiger partial charge in [0.2, 0.25) is 0 Å². The van der Waals surface area contributed by atoms with Crippen LogP contribution in [0.15, 0.2) is 48.5 Å². The third kappa shape index (κ3) is 6.21. The van der Waals surface area contributed by atoms with Gasteiger partial charge in [0.15, 0.2) is 0 Å². The first kappa shape index (κ1) is 22.2. The number of halogens is 3. The minimum Gasteiger partial charge on any atom is -0.365 e. The summed E-state index contributed by atoms with van der Waals surface area (Å²) in [5.41, 5.74) is 8.71. The smallest absolute Gasteiger partial charge is 0.365 e. The predicted molar refractivity (Wildman–Crippen MR) is 101 cm³/mol. The average Bonchev–Trinajstić information content (AvgIpc) is 2.63. The van der Waals surface area contributed by atoms with E-state index in [1.807, 2.05) is 30.3 Å². The second-order valence-electron chi connectivity index (χ2n) is 7.32. The van der Waals surface area contributed by atoms with E-state index in [0.29, 0.717) is 5.56 Å². The summed E-state index contributed by atoms with van der Waals surface area (Å²) in [6.07, 6.45) is -5.24. The molecule has 0 saturated carbocycles. The van der Waals surface area contributed by atoms with Gasteiger partial charge in [0.05, 0.1) is 0 Å². The number of alkyl halides is 3. The molecule has 3 N–H and O–H groups in total. The Morgan fingerprint density at radius 1 is 1.07 bits per heavy atom. The van der Waals surface area contributed by atoms with Gasteiger partial charge in [-0.1, -0.05) is 63.2 Å². The number of nitrogens with one attached hydrogen (secondary N) is 1. The second-order valence-corrected chi connectivity index (χ2v) is 7.32. The highest BCUT2D eigenvalue weighted by molar-refractivity contribution is 5.79. The molecular weight excluding hydrogens is 387 g/mol. The molecule has 9 heteroatoms. The fraction of sp³-hybridized carbons (Fsp3) is 0.300. The largest absolute Gasteiger partial charge is 0.493 e. The molecular formula is C20H22F3N3O3. The average molecular weight is 409 g/mol. The Bertz CT molecular complexity index is 875. The highest BCUT2D eigenvalue weighted by atomic mass is 19.4. The van der Waals surface area contributed by atoms with Gasteiger partial charge in [0, 0.05) is 0 Å². The highest BCUT2D eigenvalue weighted by Gasteiger charge is 2.43. The second kappa shape index (κ2) is 8.52. The molecule has 2 aromatic carbocycles. The van der Waals surface area contributed by atoms with Crippen molar-refractivity contribution in [3.05, 3.63) is 59.7 Å². The third-order valence-corrected chi connectivity index (χ3v) is 3.95. The predicted octanol–water partition coefficient (Wildman–Crippen LogP) is 4.30. The van der Waals surface area contributed by atoms with Crippen molar-refractivity contribution in [1.82, 2.24) is 5.23 Å². The summed E-state index contributed by atoms with van der Waals surface area (Å²) in [5.74, 6) is -3.54. The number of carbonyl (C=O) groups is 1. The molecule has 0 radical (unpaired) electrons. The van der Waals surface area contributed by atoms with E-state index in [0.717, 1.165) is 11.1 Å². The fourth-order valence-corrected chi connectivity index (χ4v) is 2.41. The summed E-state index contributed by atoms with van der Waals surface area (Å²) in [6, 6.07) is 15.1. The number of benzene rings is 2. The number of hydroxylamine groups is 2. The van der Waals surface area contributed by atoms with Crippen molar-refractivity contribution in [3.63, 3.8) is 0 Å². The number of carbonyl (C=O) groups excluding carboxylic acids is 1. The molecule has 0 spiro atoms. The van der Waals surface area contributed by atoms with Gasteiger partial charge in [-0.3, -0.25) is 5.41 Å². The van der Waals surface area contributed by atoms with Crippen LogP contribution >= 0.6 is 0 Å². The number of guanidine groups is 1. The summed E-state index contributed by atoms with van der Waals surface area (Å²) >= 11 is 0. The van der Waals surface area contributed by atoms with Crippen LogP contribution in [0.5, 0.6) is 0 Å². The quantitative estimate of drug-likeness (QED) is 0.447. The SMILES string of the molecule is CC(C)(C)c1ccc(-c2cccc(CON(OC(=O)C(F)(F)F)C(=N)N)c2)cc1. The fourth-order valence-electron chi connectivity index (χ4n) is 2.41. The van der Waals surface area contributed by atoms with Gasteiger partial charge < -0.3 is 10.6 Å². The third-order valence-electron chi connectivity index (χ3n) is 3.95. The molecule has 0 aliphatic carbocycles. The molecule has 0 amide bonds. The molecule has 0 heterocycles. The molecule has 0 atom stereocenters. The Morgan fingerprint density at radius 3 is 2.21 bits per heavy atom. The van der Waals surface area contributed by atoms with Crippen molar-refractivity contribution in [2.75, 3.05) is 0 Å². The molecule has 0 aliphatic rings. The lowest BCUT2D eigenvalue weighted by Crippen LogP contribution is -2.41. The molecule has 2 rings (SSSR count). The number of nitrogens with two attached hydrogens (primary N) is 1. The molecule has 0 aromatic heterocycles. The van der Waals surface area contributed by atoms with Crippen LogP contribution in [0.3, 0.4) is 0 Å². The molecule has 2 aromatic rings. The van der Waals surface area contributed by atoms with Crippen LogP contribution in [0.4, 0.5) is 13.2 Å². The van der Waals surface area contributed by atoms with Crippen molar-refractivity contribution in [1.29, 1.82) is 5.41 Å². The maximum absolute atomic E-state index is 12.3. The van der Waals surface area contributed by atoms with E-state index >= 15 is 0 Å². The molecule has 0 unspecified atom stereocenters. The lowest BCUT2D eigenvalue weighted by Gasteiger charge is -2.20. The van der Waals surface area contributed by atoms with E-state index in [1.165, 1.54) is 5.56 Å². The van der Waals surface area contributed by atoms with Crippen LogP contribution in [0.1, 0.15) is 31.9 Å². The molecule has 156 valence electrons. The van der Waals surface area contributed by atoms with E-state index in [-0.39, 0.29) is 17.2 Å². The maximum atomic E-state index is 12.3. The van der Waals surface area contributed by atoms with Crippen LogP contribution in [0.2, 0.25) is 0 Å². The molecule has 29 heavy (non-hydrogen) atoms. The topological polar surface area (TPSA) is 88.6 Å². The molecule has 0 fully saturated rings. The minimum absolute atomic E-state index is 0.0260. The van der Waals surface area contributed by atoms with Crippen LogP contribution in [0, 0.1) is 5.41 Å². The van der Waals surface area contributed by atoms with Gasteiger partial charge in [-0.2, -0.15) is 13.2 Å². The van der Waals surface area contributed by atoms with Gasteiger partial charge in [-0.15, -0.1) is 0 Å². The summed E-state index contributed by atoms with van der Waals surface area (Å²) in [4.78, 5) is 19.8. The lowest BCUT2D eigenvalue weighted by molar-refractivity contribution is -0.322. The maximum Gasteiger partial charge on any atom is 0.493 e. The molecule has 0 aliphatic heterocycles. The zero-order chi connectivity index (χ0) is 21.8. The van der Waals surface area contributed by atoms with Crippen molar-refractivity contribution >= 4 is 11.9 Å². The van der Waals surface area contributed by atoms with Gasteiger partial charge in [0.25, 0.3) is 5.96 Å². The molecule has 0 saturated heterocycles. The van der Waals surface area contributed by atoms with Gasteiger partial charge in [-0.25, -0.2) is 9.63 Å².